The van der Waals surface area contributed by atoms with Gasteiger partial charge < -0.3 is 20.4 Å². The summed E-state index contributed by atoms with van der Waals surface area (Å²) in [6.07, 6.45) is 4.56. The van der Waals surface area contributed by atoms with Crippen molar-refractivity contribution in [2.24, 2.45) is 0 Å². The minimum atomic E-state index is -0.361. The summed E-state index contributed by atoms with van der Waals surface area (Å²) in [5.74, 6) is -0.0899. The van der Waals surface area contributed by atoms with Crippen molar-refractivity contribution in [2.45, 2.75) is 24.9 Å². The SMILES string of the molecule is O=C(NC1CCN(c2ncccc2F)C1)NC1CCN(c2ncccc2F)C1. The molecule has 2 saturated heterocycles. The molecule has 0 radical (unpaired) electrons. The molecule has 2 aliphatic heterocycles. The van der Waals surface area contributed by atoms with Crippen LogP contribution in [-0.2, 0) is 0 Å². The zero-order valence-electron chi connectivity index (χ0n) is 15.3. The first-order valence-corrected chi connectivity index (χ1v) is 9.38. The molecule has 148 valence electrons. The summed E-state index contributed by atoms with van der Waals surface area (Å²) < 4.78 is 27.7. The summed E-state index contributed by atoms with van der Waals surface area (Å²) in [5, 5.41) is 5.88. The lowest BCUT2D eigenvalue weighted by Crippen LogP contribution is -2.48. The third-order valence-electron chi connectivity index (χ3n) is 5.12. The molecule has 28 heavy (non-hydrogen) atoms. The highest BCUT2D eigenvalue weighted by Crippen LogP contribution is 2.22. The van der Waals surface area contributed by atoms with Crippen LogP contribution in [0.25, 0.3) is 0 Å². The monoisotopic (exact) mass is 388 g/mol. The second-order valence-electron chi connectivity index (χ2n) is 7.10. The summed E-state index contributed by atoms with van der Waals surface area (Å²) in [4.78, 5) is 24.2. The highest BCUT2D eigenvalue weighted by molar-refractivity contribution is 5.75. The maximum Gasteiger partial charge on any atom is 0.315 e. The van der Waals surface area contributed by atoms with Crippen LogP contribution in [0.3, 0.4) is 0 Å². The zero-order valence-corrected chi connectivity index (χ0v) is 15.3. The van der Waals surface area contributed by atoms with Crippen LogP contribution >= 0.6 is 0 Å². The van der Waals surface area contributed by atoms with Crippen molar-refractivity contribution in [2.75, 3.05) is 36.0 Å². The molecule has 4 heterocycles. The summed E-state index contributed by atoms with van der Waals surface area (Å²) in [6.45, 7) is 2.29. The van der Waals surface area contributed by atoms with Crippen molar-refractivity contribution in [1.82, 2.24) is 20.6 Å². The minimum absolute atomic E-state index is 0.0767. The van der Waals surface area contributed by atoms with E-state index in [0.717, 1.165) is 12.8 Å². The highest BCUT2D eigenvalue weighted by Gasteiger charge is 2.29. The van der Waals surface area contributed by atoms with Crippen molar-refractivity contribution in [3.8, 4) is 0 Å². The smallest absolute Gasteiger partial charge is 0.315 e. The Morgan fingerprint density at radius 1 is 0.893 bits per heavy atom. The number of hydrogen-bond acceptors (Lipinski definition) is 5. The van der Waals surface area contributed by atoms with Gasteiger partial charge in [0.2, 0.25) is 0 Å². The van der Waals surface area contributed by atoms with Crippen LogP contribution in [0.1, 0.15) is 12.8 Å². The Hall–Kier alpha value is -2.97. The topological polar surface area (TPSA) is 73.4 Å². The fourth-order valence-electron chi connectivity index (χ4n) is 3.77. The van der Waals surface area contributed by atoms with E-state index in [-0.39, 0.29) is 29.7 Å². The van der Waals surface area contributed by atoms with Gasteiger partial charge in [-0.3, -0.25) is 0 Å². The Bertz CT molecular complexity index is 783. The van der Waals surface area contributed by atoms with Gasteiger partial charge in [0.25, 0.3) is 0 Å². The molecule has 2 amide bonds. The molecule has 9 heteroatoms. The van der Waals surface area contributed by atoms with E-state index in [1.54, 1.807) is 24.5 Å². The second-order valence-corrected chi connectivity index (χ2v) is 7.10. The van der Waals surface area contributed by atoms with Crippen molar-refractivity contribution in [3.63, 3.8) is 0 Å². The number of rotatable bonds is 4. The number of amides is 2. The molecule has 0 spiro atoms. The normalized spacial score (nSPS) is 21.8. The van der Waals surface area contributed by atoms with Gasteiger partial charge in [0.15, 0.2) is 23.3 Å². The molecule has 2 aromatic rings. The number of anilines is 2. The molecule has 2 fully saturated rings. The van der Waals surface area contributed by atoms with Gasteiger partial charge in [0, 0.05) is 50.7 Å². The molecular weight excluding hydrogens is 366 g/mol. The van der Waals surface area contributed by atoms with Crippen LogP contribution in [0.5, 0.6) is 0 Å². The Morgan fingerprint density at radius 2 is 1.36 bits per heavy atom. The fraction of sp³-hybridized carbons (Fsp3) is 0.421. The number of aromatic nitrogens is 2. The lowest BCUT2D eigenvalue weighted by atomic mass is 10.2. The molecule has 7 nitrogen and oxygen atoms in total. The first-order chi connectivity index (χ1) is 13.6. The summed E-state index contributed by atoms with van der Waals surface area (Å²) in [5.41, 5.74) is 0. The van der Waals surface area contributed by atoms with E-state index in [9.17, 15) is 13.6 Å². The number of hydrogen-bond donors (Lipinski definition) is 2. The number of carbonyl (C=O) groups excluding carboxylic acids is 1. The molecule has 0 saturated carbocycles. The first-order valence-electron chi connectivity index (χ1n) is 9.38. The molecule has 0 aromatic carbocycles. The third kappa shape index (κ3) is 3.97. The highest BCUT2D eigenvalue weighted by atomic mass is 19.1. The number of carbonyl (C=O) groups is 1. The first kappa shape index (κ1) is 18.4. The number of pyridine rings is 2. The van der Waals surface area contributed by atoms with Crippen LogP contribution in [0.2, 0.25) is 0 Å². The summed E-state index contributed by atoms with van der Waals surface area (Å²) >= 11 is 0. The lowest BCUT2D eigenvalue weighted by molar-refractivity contribution is 0.234. The van der Waals surface area contributed by atoms with Gasteiger partial charge in [-0.25, -0.2) is 23.5 Å². The van der Waals surface area contributed by atoms with E-state index >= 15 is 0 Å². The third-order valence-corrected chi connectivity index (χ3v) is 5.12. The van der Waals surface area contributed by atoms with Gasteiger partial charge in [0.1, 0.15) is 0 Å². The Morgan fingerprint density at radius 3 is 1.79 bits per heavy atom. The fourth-order valence-corrected chi connectivity index (χ4v) is 3.77. The van der Waals surface area contributed by atoms with Crippen LogP contribution < -0.4 is 20.4 Å². The number of urea groups is 1. The van der Waals surface area contributed by atoms with Gasteiger partial charge in [-0.05, 0) is 37.1 Å². The second kappa shape index (κ2) is 7.95. The van der Waals surface area contributed by atoms with E-state index in [4.69, 9.17) is 0 Å². The average molecular weight is 388 g/mol. The van der Waals surface area contributed by atoms with Crippen LogP contribution in [0.15, 0.2) is 36.7 Å². The van der Waals surface area contributed by atoms with Crippen molar-refractivity contribution in [3.05, 3.63) is 48.3 Å². The number of nitrogens with one attached hydrogen (secondary N) is 2. The average Bonchev–Trinajstić information content (AvgIpc) is 3.32. The van der Waals surface area contributed by atoms with E-state index in [2.05, 4.69) is 20.6 Å². The van der Waals surface area contributed by atoms with Crippen LogP contribution in [-0.4, -0.2) is 54.3 Å². The van der Waals surface area contributed by atoms with Gasteiger partial charge in [-0.2, -0.15) is 0 Å². The molecular formula is C19H22F2N6O. The molecule has 2 atom stereocenters. The standard InChI is InChI=1S/C19H22F2N6O/c20-15-3-1-7-22-17(15)26-9-5-13(11-26)24-19(28)25-14-6-10-27(12-14)18-16(21)4-2-8-23-18/h1-4,7-8,13-14H,5-6,9-12H2,(H2,24,25,28). The Balaban J connectivity index is 1.27. The molecule has 4 rings (SSSR count). The van der Waals surface area contributed by atoms with Crippen LogP contribution in [0, 0.1) is 11.6 Å². The summed E-state index contributed by atoms with van der Waals surface area (Å²) in [7, 11) is 0. The Kier molecular flexibility index (Phi) is 5.23. The molecule has 2 aliphatic rings. The molecule has 2 aromatic heterocycles. The van der Waals surface area contributed by atoms with E-state index in [0.29, 0.717) is 37.8 Å². The molecule has 0 bridgehead atoms. The van der Waals surface area contributed by atoms with E-state index in [1.165, 1.54) is 12.1 Å². The molecule has 2 N–H and O–H groups in total. The van der Waals surface area contributed by atoms with Gasteiger partial charge in [-0.1, -0.05) is 0 Å². The van der Waals surface area contributed by atoms with Gasteiger partial charge >= 0.3 is 6.03 Å². The predicted octanol–water partition coefficient (Wildman–Crippen LogP) is 1.91. The maximum absolute atomic E-state index is 13.9. The lowest BCUT2D eigenvalue weighted by Gasteiger charge is -2.20. The predicted molar refractivity (Wildman–Crippen MR) is 101 cm³/mol. The van der Waals surface area contributed by atoms with Gasteiger partial charge in [-0.15, -0.1) is 0 Å². The number of nitrogens with zero attached hydrogens (tertiary/aromatic N) is 4. The minimum Gasteiger partial charge on any atom is -0.352 e. The summed E-state index contributed by atoms with van der Waals surface area (Å²) in [6, 6.07) is 5.46. The largest absolute Gasteiger partial charge is 0.352 e. The zero-order chi connectivity index (χ0) is 19.5. The van der Waals surface area contributed by atoms with Crippen molar-refractivity contribution in [1.29, 1.82) is 0 Å². The van der Waals surface area contributed by atoms with Crippen LogP contribution in [0.4, 0.5) is 25.2 Å². The Labute approximate surface area is 161 Å². The molecule has 0 aliphatic carbocycles. The quantitative estimate of drug-likeness (QED) is 0.837. The van der Waals surface area contributed by atoms with Crippen molar-refractivity contribution < 1.29 is 13.6 Å². The van der Waals surface area contributed by atoms with E-state index < -0.39 is 0 Å². The molecule has 2 unspecified atom stereocenters. The maximum atomic E-state index is 13.9. The number of halogens is 2. The van der Waals surface area contributed by atoms with Crippen molar-refractivity contribution >= 4 is 17.7 Å². The van der Waals surface area contributed by atoms with E-state index in [1.807, 2.05) is 9.80 Å². The van der Waals surface area contributed by atoms with Gasteiger partial charge in [0.05, 0.1) is 0 Å².